The number of hydrogen-bond donors (Lipinski definition) is 0. The summed E-state index contributed by atoms with van der Waals surface area (Å²) in [5, 5.41) is 10.8. The fourth-order valence-corrected chi connectivity index (χ4v) is 2.09. The molecule has 0 amide bonds. The summed E-state index contributed by atoms with van der Waals surface area (Å²) in [7, 11) is 0. The van der Waals surface area contributed by atoms with Crippen molar-refractivity contribution >= 4 is 29.1 Å². The fraction of sp³-hybridized carbons (Fsp3) is 0.400. The van der Waals surface area contributed by atoms with Crippen molar-refractivity contribution in [3.8, 4) is 0 Å². The van der Waals surface area contributed by atoms with Gasteiger partial charge in [-0.15, -0.1) is 11.6 Å². The molecule has 0 aromatic heterocycles. The number of benzene rings is 1. The number of halogens is 4. The molecule has 0 saturated heterocycles. The summed E-state index contributed by atoms with van der Waals surface area (Å²) in [6.07, 6.45) is 0.908. The van der Waals surface area contributed by atoms with E-state index in [0.29, 0.717) is 24.3 Å². The Labute approximate surface area is 110 Å². The predicted molar refractivity (Wildman–Crippen MR) is 64.0 cm³/mol. The molecule has 0 radical (unpaired) electrons. The minimum absolute atomic E-state index is 0.191. The first-order chi connectivity index (χ1) is 8.33. The van der Waals surface area contributed by atoms with Gasteiger partial charge in [0.2, 0.25) is 0 Å². The average Bonchev–Trinajstić information content (AvgIpc) is 2.25. The maximum atomic E-state index is 12.2. The number of aryl methyl sites for hydroxylation is 1. The Bertz CT molecular complexity index is 440. The van der Waals surface area contributed by atoms with Crippen LogP contribution in [0.2, 0.25) is 0 Å². The van der Waals surface area contributed by atoms with Crippen LogP contribution in [0.3, 0.4) is 0 Å². The van der Waals surface area contributed by atoms with Crippen LogP contribution in [-0.2, 0) is 6.42 Å². The summed E-state index contributed by atoms with van der Waals surface area (Å²) in [5.74, 6) is 0.343. The molecule has 1 aromatic carbocycles. The quantitative estimate of drug-likeness (QED) is 0.351. The van der Waals surface area contributed by atoms with Gasteiger partial charge >= 0.3 is 5.51 Å². The third-order valence-electron chi connectivity index (χ3n) is 2.07. The Kier molecular flexibility index (Phi) is 5.28. The highest BCUT2D eigenvalue weighted by atomic mass is 35.5. The Hall–Kier alpha value is -0.950. The van der Waals surface area contributed by atoms with Crippen LogP contribution in [0.25, 0.3) is 0 Å². The van der Waals surface area contributed by atoms with Gasteiger partial charge in [-0.3, -0.25) is 10.1 Å². The summed E-state index contributed by atoms with van der Waals surface area (Å²) < 4.78 is 36.5. The van der Waals surface area contributed by atoms with E-state index in [0.717, 1.165) is 6.07 Å². The summed E-state index contributed by atoms with van der Waals surface area (Å²) in [6.45, 7) is 0. The molecule has 0 fully saturated rings. The summed E-state index contributed by atoms with van der Waals surface area (Å²) >= 11 is 5.11. The van der Waals surface area contributed by atoms with E-state index in [9.17, 15) is 23.3 Å². The number of thioether (sulfide) groups is 1. The summed E-state index contributed by atoms with van der Waals surface area (Å²) in [4.78, 5) is 9.92. The van der Waals surface area contributed by atoms with E-state index in [1.165, 1.54) is 12.1 Å². The van der Waals surface area contributed by atoms with Crippen molar-refractivity contribution in [1.82, 2.24) is 0 Å². The summed E-state index contributed by atoms with van der Waals surface area (Å²) in [6, 6.07) is 3.52. The SMILES string of the molecule is O=[N+]([O-])c1cc(SC(F)(F)F)ccc1CCCCl. The highest BCUT2D eigenvalue weighted by molar-refractivity contribution is 8.00. The molecule has 0 atom stereocenters. The molecule has 0 aliphatic heterocycles. The molecule has 0 saturated carbocycles. The maximum Gasteiger partial charge on any atom is 0.446 e. The molecule has 0 spiro atoms. The number of rotatable bonds is 5. The number of nitro groups is 1. The first kappa shape index (κ1) is 15.1. The van der Waals surface area contributed by atoms with E-state index in [-0.39, 0.29) is 22.3 Å². The lowest BCUT2D eigenvalue weighted by molar-refractivity contribution is -0.385. The second-order valence-corrected chi connectivity index (χ2v) is 4.90. The lowest BCUT2D eigenvalue weighted by atomic mass is 10.1. The molecule has 1 rings (SSSR count). The van der Waals surface area contributed by atoms with Gasteiger partial charge in [-0.1, -0.05) is 6.07 Å². The molecular weight excluding hydrogens is 291 g/mol. The molecule has 18 heavy (non-hydrogen) atoms. The van der Waals surface area contributed by atoms with Gasteiger partial charge < -0.3 is 0 Å². The minimum Gasteiger partial charge on any atom is -0.258 e. The number of nitrogens with zero attached hydrogens (tertiary/aromatic N) is 1. The standard InChI is InChI=1S/C10H9ClF3NO2S/c11-5-1-2-7-3-4-8(18-10(12,13)14)6-9(7)15(16)17/h3-4,6H,1-2,5H2. The molecule has 0 N–H and O–H groups in total. The molecule has 0 heterocycles. The van der Waals surface area contributed by atoms with E-state index in [4.69, 9.17) is 11.6 Å². The third kappa shape index (κ3) is 4.73. The summed E-state index contributed by atoms with van der Waals surface area (Å²) in [5.41, 5.74) is -4.35. The van der Waals surface area contributed by atoms with Gasteiger partial charge in [0.15, 0.2) is 0 Å². The number of hydrogen-bond acceptors (Lipinski definition) is 3. The van der Waals surface area contributed by atoms with Gasteiger partial charge in [-0.2, -0.15) is 13.2 Å². The van der Waals surface area contributed by atoms with Crippen molar-refractivity contribution < 1.29 is 18.1 Å². The first-order valence-corrected chi connectivity index (χ1v) is 6.27. The lowest BCUT2D eigenvalue weighted by Gasteiger charge is -2.07. The van der Waals surface area contributed by atoms with E-state index in [1.807, 2.05) is 0 Å². The second kappa shape index (κ2) is 6.29. The molecule has 0 unspecified atom stereocenters. The average molecular weight is 300 g/mol. The van der Waals surface area contributed by atoms with Gasteiger partial charge in [0.1, 0.15) is 0 Å². The highest BCUT2D eigenvalue weighted by Crippen LogP contribution is 2.38. The Balaban J connectivity index is 2.99. The maximum absolute atomic E-state index is 12.2. The van der Waals surface area contributed by atoms with Crippen molar-refractivity contribution in [2.75, 3.05) is 5.88 Å². The molecule has 1 aromatic rings. The van der Waals surface area contributed by atoms with Gasteiger partial charge in [0.25, 0.3) is 5.69 Å². The van der Waals surface area contributed by atoms with Crippen LogP contribution in [0, 0.1) is 10.1 Å². The zero-order chi connectivity index (χ0) is 13.8. The van der Waals surface area contributed by atoms with Crippen LogP contribution in [0.1, 0.15) is 12.0 Å². The first-order valence-electron chi connectivity index (χ1n) is 4.92. The fourth-order valence-electron chi connectivity index (χ4n) is 1.38. The van der Waals surface area contributed by atoms with Crippen LogP contribution < -0.4 is 0 Å². The largest absolute Gasteiger partial charge is 0.446 e. The van der Waals surface area contributed by atoms with Crippen LogP contribution in [0.4, 0.5) is 18.9 Å². The van der Waals surface area contributed by atoms with E-state index in [1.54, 1.807) is 0 Å². The van der Waals surface area contributed by atoms with Crippen LogP contribution >= 0.6 is 23.4 Å². The minimum atomic E-state index is -4.45. The van der Waals surface area contributed by atoms with Crippen molar-refractivity contribution in [1.29, 1.82) is 0 Å². The van der Waals surface area contributed by atoms with Crippen LogP contribution in [0.15, 0.2) is 23.1 Å². The Morgan fingerprint density at radius 1 is 1.39 bits per heavy atom. The molecule has 3 nitrogen and oxygen atoms in total. The Morgan fingerprint density at radius 3 is 2.56 bits per heavy atom. The molecule has 0 bridgehead atoms. The topological polar surface area (TPSA) is 43.1 Å². The van der Waals surface area contributed by atoms with Crippen LogP contribution in [-0.4, -0.2) is 16.3 Å². The monoisotopic (exact) mass is 299 g/mol. The normalized spacial score (nSPS) is 11.6. The third-order valence-corrected chi connectivity index (χ3v) is 3.06. The van der Waals surface area contributed by atoms with Crippen molar-refractivity contribution in [2.45, 2.75) is 23.2 Å². The molecule has 100 valence electrons. The molecule has 0 aliphatic rings. The zero-order valence-electron chi connectivity index (χ0n) is 9.04. The molecule has 8 heteroatoms. The van der Waals surface area contributed by atoms with Crippen LogP contribution in [0.5, 0.6) is 0 Å². The number of nitro benzene ring substituents is 1. The zero-order valence-corrected chi connectivity index (χ0v) is 10.6. The number of alkyl halides is 4. The van der Waals surface area contributed by atoms with Crippen molar-refractivity contribution in [2.24, 2.45) is 0 Å². The van der Waals surface area contributed by atoms with E-state index < -0.39 is 10.4 Å². The van der Waals surface area contributed by atoms with Gasteiger partial charge in [-0.05, 0) is 30.7 Å². The van der Waals surface area contributed by atoms with Gasteiger partial charge in [0, 0.05) is 22.4 Å². The van der Waals surface area contributed by atoms with Gasteiger partial charge in [0.05, 0.1) is 4.92 Å². The van der Waals surface area contributed by atoms with E-state index >= 15 is 0 Å². The predicted octanol–water partition coefficient (Wildman–Crippen LogP) is 4.38. The Morgan fingerprint density at radius 2 is 2.06 bits per heavy atom. The van der Waals surface area contributed by atoms with Gasteiger partial charge in [-0.25, -0.2) is 0 Å². The van der Waals surface area contributed by atoms with E-state index in [2.05, 4.69) is 0 Å². The van der Waals surface area contributed by atoms with Crippen molar-refractivity contribution in [3.05, 3.63) is 33.9 Å². The lowest BCUT2D eigenvalue weighted by Crippen LogP contribution is -2.01. The molecule has 0 aliphatic carbocycles. The molecular formula is C10H9ClF3NO2S. The highest BCUT2D eigenvalue weighted by Gasteiger charge is 2.30. The van der Waals surface area contributed by atoms with Crippen molar-refractivity contribution in [3.63, 3.8) is 0 Å². The smallest absolute Gasteiger partial charge is 0.258 e. The second-order valence-electron chi connectivity index (χ2n) is 3.39.